The number of aromatic amines is 1. The minimum Gasteiger partial charge on any atom is -0.467 e. The monoisotopic (exact) mass is 466 g/mol. The summed E-state index contributed by atoms with van der Waals surface area (Å²) in [4.78, 5) is 19.3. The largest absolute Gasteiger partial charge is 0.467 e. The average molecular weight is 467 g/mol. The zero-order valence-electron chi connectivity index (χ0n) is 16.8. The van der Waals surface area contributed by atoms with Crippen molar-refractivity contribution >= 4 is 21.6 Å². The van der Waals surface area contributed by atoms with Gasteiger partial charge in [0.15, 0.2) is 11.0 Å². The lowest BCUT2D eigenvalue weighted by atomic mass is 9.86. The smallest absolute Gasteiger partial charge is 0.316 e. The number of aromatic nitrogens is 5. The molecule has 12 heteroatoms. The Kier molecular flexibility index (Phi) is 5.91. The number of rotatable bonds is 5. The molecular weight excluding hydrogens is 447 g/mol. The molecule has 3 aromatic rings. The lowest BCUT2D eigenvalue weighted by Gasteiger charge is -2.35. The maximum atomic E-state index is 13.1. The Hall–Kier alpha value is -2.63. The molecule has 164 valence electrons. The number of H-pyrrole nitrogens is 1. The number of nitrogens with one attached hydrogen (secondary N) is 1. The fourth-order valence-corrected chi connectivity index (χ4v) is 5.41. The lowest BCUT2D eigenvalue weighted by molar-refractivity contribution is 0.246. The van der Waals surface area contributed by atoms with Gasteiger partial charge in [0.25, 0.3) is 0 Å². The third-order valence-corrected chi connectivity index (χ3v) is 7.43. The molecule has 1 fully saturated rings. The van der Waals surface area contributed by atoms with Gasteiger partial charge < -0.3 is 9.72 Å². The number of sulfonamides is 1. The number of piperidine rings is 1. The van der Waals surface area contributed by atoms with Crippen molar-refractivity contribution in [3.63, 3.8) is 0 Å². The molecule has 1 aliphatic heterocycles. The van der Waals surface area contributed by atoms with Gasteiger partial charge in [0.2, 0.25) is 10.0 Å². The predicted octanol–water partition coefficient (Wildman–Crippen LogP) is 2.88. The van der Waals surface area contributed by atoms with Crippen LogP contribution in [0.4, 0.5) is 4.39 Å². The highest BCUT2D eigenvalue weighted by atomic mass is 35.5. The molecule has 0 amide bonds. The molecule has 1 N–H and O–H groups in total. The molecule has 0 unspecified atom stereocenters. The molecule has 0 aliphatic carbocycles. The highest BCUT2D eigenvalue weighted by Gasteiger charge is 2.36. The third kappa shape index (κ3) is 4.25. The van der Waals surface area contributed by atoms with Gasteiger partial charge in [-0.15, -0.1) is 0 Å². The molecule has 0 bridgehead atoms. The molecule has 3 aromatic heterocycles. The molecule has 1 saturated heterocycles. The van der Waals surface area contributed by atoms with Crippen LogP contribution in [0.2, 0.25) is 5.15 Å². The number of imidazole rings is 1. The van der Waals surface area contributed by atoms with Crippen LogP contribution in [-0.2, 0) is 10.0 Å². The van der Waals surface area contributed by atoms with Crippen molar-refractivity contribution < 1.29 is 17.5 Å². The van der Waals surface area contributed by atoms with Crippen LogP contribution in [0.25, 0.3) is 11.5 Å². The molecule has 31 heavy (non-hydrogen) atoms. The molecule has 0 spiro atoms. The highest BCUT2D eigenvalue weighted by molar-refractivity contribution is 7.89. The first-order chi connectivity index (χ1) is 14.8. The van der Waals surface area contributed by atoms with Crippen LogP contribution in [0, 0.1) is 11.7 Å². The van der Waals surface area contributed by atoms with E-state index in [1.54, 1.807) is 0 Å². The third-order valence-electron chi connectivity index (χ3n) is 5.32. The molecule has 9 nitrogen and oxygen atoms in total. The van der Waals surface area contributed by atoms with Crippen LogP contribution in [0.3, 0.4) is 0 Å². The second kappa shape index (κ2) is 8.48. The predicted molar refractivity (Wildman–Crippen MR) is 111 cm³/mol. The number of methoxy groups -OCH3 is 1. The summed E-state index contributed by atoms with van der Waals surface area (Å²) in [6, 6.07) is 2.92. The number of hydrogen-bond acceptors (Lipinski definition) is 7. The van der Waals surface area contributed by atoms with Crippen LogP contribution >= 0.6 is 11.6 Å². The Bertz CT molecular complexity index is 1170. The molecular formula is C19H20ClFN6O3S. The zero-order chi connectivity index (χ0) is 22.2. The van der Waals surface area contributed by atoms with Crippen LogP contribution < -0.4 is 4.74 Å². The van der Waals surface area contributed by atoms with Crippen LogP contribution in [0.5, 0.6) is 6.01 Å². The van der Waals surface area contributed by atoms with E-state index in [1.165, 1.54) is 35.9 Å². The van der Waals surface area contributed by atoms with Crippen LogP contribution in [-0.4, -0.2) is 57.8 Å². The van der Waals surface area contributed by atoms with Gasteiger partial charge in [0, 0.05) is 19.0 Å². The van der Waals surface area contributed by atoms with E-state index in [0.29, 0.717) is 36.2 Å². The molecule has 4 rings (SSSR count). The van der Waals surface area contributed by atoms with Gasteiger partial charge in [-0.1, -0.05) is 18.5 Å². The van der Waals surface area contributed by atoms with E-state index in [9.17, 15) is 12.8 Å². The maximum Gasteiger partial charge on any atom is 0.316 e. The Balaban J connectivity index is 1.52. The fraction of sp³-hybridized carbons (Fsp3) is 0.368. The molecule has 0 aromatic carbocycles. The number of nitrogens with zero attached hydrogens (tertiary/aromatic N) is 5. The van der Waals surface area contributed by atoms with E-state index in [1.807, 2.05) is 6.92 Å². The normalized spacial score (nSPS) is 20.0. The van der Waals surface area contributed by atoms with Crippen molar-refractivity contribution in [3.05, 3.63) is 47.4 Å². The lowest BCUT2D eigenvalue weighted by Crippen LogP contribution is -2.42. The summed E-state index contributed by atoms with van der Waals surface area (Å²) >= 11 is 6.37. The van der Waals surface area contributed by atoms with E-state index in [2.05, 4.69) is 24.9 Å². The van der Waals surface area contributed by atoms with Crippen LogP contribution in [0.1, 0.15) is 25.0 Å². The van der Waals surface area contributed by atoms with Crippen molar-refractivity contribution in [2.75, 3.05) is 20.2 Å². The minimum absolute atomic E-state index is 0.0168. The maximum absolute atomic E-state index is 13.1. The average Bonchev–Trinajstić information content (AvgIpc) is 3.15. The topological polar surface area (TPSA) is 114 Å². The van der Waals surface area contributed by atoms with E-state index in [4.69, 9.17) is 16.3 Å². The number of hydrogen-bond donors (Lipinski definition) is 1. The fourth-order valence-electron chi connectivity index (χ4n) is 3.69. The SMILES string of the molecule is COc1ncc(S(=O)(=O)N2CC[C@@H](c3[nH]c(-c4ccc(F)cn4)nc3Cl)[C@@H](C)C2)cn1. The second-order valence-corrected chi connectivity index (χ2v) is 9.59. The standard InChI is InChI=1S/C19H20ClFN6O3S/c1-11-10-27(31(28,29)13-8-23-19(30-2)24-9-13)6-5-14(11)16-17(20)26-18(25-16)15-4-3-12(21)7-22-15/h3-4,7-9,11,14H,5-6,10H2,1-2H3,(H,25,26)/t11-,14+/m0/s1. The van der Waals surface area contributed by atoms with Crippen LogP contribution in [0.15, 0.2) is 35.6 Å². The highest BCUT2D eigenvalue weighted by Crippen LogP contribution is 2.37. The number of ether oxygens (including phenoxy) is 1. The van der Waals surface area contributed by atoms with Crippen molar-refractivity contribution in [1.82, 2.24) is 29.2 Å². The number of halogens is 2. The van der Waals surface area contributed by atoms with Crippen molar-refractivity contribution in [2.45, 2.75) is 24.2 Å². The first-order valence-corrected chi connectivity index (χ1v) is 11.3. The molecule has 0 radical (unpaired) electrons. The molecule has 1 aliphatic rings. The Labute approximate surface area is 183 Å². The van der Waals surface area contributed by atoms with E-state index < -0.39 is 15.8 Å². The van der Waals surface area contributed by atoms with Crippen molar-refractivity contribution in [2.24, 2.45) is 5.92 Å². The Morgan fingerprint density at radius 3 is 2.58 bits per heavy atom. The summed E-state index contributed by atoms with van der Waals surface area (Å²) in [5, 5.41) is 0.304. The first-order valence-electron chi connectivity index (χ1n) is 9.53. The quantitative estimate of drug-likeness (QED) is 0.614. The molecule has 2 atom stereocenters. The summed E-state index contributed by atoms with van der Waals surface area (Å²) in [6.07, 6.45) is 4.15. The second-order valence-electron chi connectivity index (χ2n) is 7.29. The Morgan fingerprint density at radius 1 is 1.23 bits per heavy atom. The van der Waals surface area contributed by atoms with Gasteiger partial charge in [-0.3, -0.25) is 0 Å². The summed E-state index contributed by atoms with van der Waals surface area (Å²) < 4.78 is 45.4. The molecule has 0 saturated carbocycles. The van der Waals surface area contributed by atoms with Gasteiger partial charge in [-0.2, -0.15) is 4.31 Å². The van der Waals surface area contributed by atoms with Gasteiger partial charge in [0.05, 0.1) is 31.4 Å². The number of pyridine rings is 1. The summed E-state index contributed by atoms with van der Waals surface area (Å²) in [5.41, 5.74) is 1.20. The van der Waals surface area contributed by atoms with Crippen molar-refractivity contribution in [3.8, 4) is 17.5 Å². The van der Waals surface area contributed by atoms with E-state index in [0.717, 1.165) is 11.9 Å². The van der Waals surface area contributed by atoms with Gasteiger partial charge in [0.1, 0.15) is 16.4 Å². The summed E-state index contributed by atoms with van der Waals surface area (Å²) in [5.74, 6) is -0.0499. The summed E-state index contributed by atoms with van der Waals surface area (Å²) in [6.45, 7) is 2.57. The van der Waals surface area contributed by atoms with E-state index in [-0.39, 0.29) is 22.7 Å². The first kappa shape index (κ1) is 21.6. The van der Waals surface area contributed by atoms with Gasteiger partial charge in [-0.05, 0) is 24.5 Å². The van der Waals surface area contributed by atoms with Gasteiger partial charge >= 0.3 is 6.01 Å². The van der Waals surface area contributed by atoms with E-state index >= 15 is 0 Å². The van der Waals surface area contributed by atoms with Crippen molar-refractivity contribution in [1.29, 1.82) is 0 Å². The molecule has 4 heterocycles. The zero-order valence-corrected chi connectivity index (χ0v) is 18.4. The summed E-state index contributed by atoms with van der Waals surface area (Å²) in [7, 11) is -2.32. The Morgan fingerprint density at radius 2 is 1.97 bits per heavy atom. The minimum atomic E-state index is -3.73. The van der Waals surface area contributed by atoms with Gasteiger partial charge in [-0.25, -0.2) is 32.7 Å².